The van der Waals surface area contributed by atoms with Crippen LogP contribution in [0.2, 0.25) is 0 Å². The maximum atomic E-state index is 11.5. The molecule has 0 saturated heterocycles. The number of hydrogen-bond acceptors (Lipinski definition) is 4. The molecule has 0 amide bonds. The molecule has 2 heterocycles. The summed E-state index contributed by atoms with van der Waals surface area (Å²) in [6, 6.07) is 5.04. The average molecular weight is 229 g/mol. The summed E-state index contributed by atoms with van der Waals surface area (Å²) in [6.45, 7) is 0.872. The topological polar surface area (TPSA) is 65.6 Å². The lowest BCUT2D eigenvalue weighted by molar-refractivity contribution is 0.593. The molecule has 0 unspecified atom stereocenters. The van der Waals surface area contributed by atoms with Gasteiger partial charge in [0.1, 0.15) is 6.54 Å². The number of terminal acetylenes is 1. The SMILES string of the molecule is C#CCn1nnnc1CCn1ccccc1=O. The fourth-order valence-corrected chi connectivity index (χ4v) is 1.48. The molecule has 0 aliphatic rings. The van der Waals surface area contributed by atoms with Crippen molar-refractivity contribution in [1.29, 1.82) is 0 Å². The van der Waals surface area contributed by atoms with Gasteiger partial charge in [0.2, 0.25) is 0 Å². The summed E-state index contributed by atoms with van der Waals surface area (Å²) in [7, 11) is 0. The van der Waals surface area contributed by atoms with Gasteiger partial charge in [0.25, 0.3) is 5.56 Å². The van der Waals surface area contributed by atoms with E-state index in [1.165, 1.54) is 6.07 Å². The van der Waals surface area contributed by atoms with Crippen LogP contribution < -0.4 is 5.56 Å². The lowest BCUT2D eigenvalue weighted by Crippen LogP contribution is -2.20. The molecule has 0 fully saturated rings. The zero-order valence-electron chi connectivity index (χ0n) is 9.15. The van der Waals surface area contributed by atoms with Crippen molar-refractivity contribution >= 4 is 0 Å². The summed E-state index contributed by atoms with van der Waals surface area (Å²) in [4.78, 5) is 11.5. The van der Waals surface area contributed by atoms with Crippen LogP contribution in [0.1, 0.15) is 5.82 Å². The van der Waals surface area contributed by atoms with Crippen molar-refractivity contribution in [2.45, 2.75) is 19.5 Å². The fraction of sp³-hybridized carbons (Fsp3) is 0.273. The van der Waals surface area contributed by atoms with Gasteiger partial charge in [0.05, 0.1) is 0 Å². The normalized spacial score (nSPS) is 10.1. The van der Waals surface area contributed by atoms with E-state index in [0.29, 0.717) is 25.3 Å². The predicted molar refractivity (Wildman–Crippen MR) is 61.1 cm³/mol. The Labute approximate surface area is 97.9 Å². The molecule has 6 nitrogen and oxygen atoms in total. The third-order valence-corrected chi connectivity index (χ3v) is 2.32. The molecule has 0 saturated carbocycles. The van der Waals surface area contributed by atoms with Crippen molar-refractivity contribution in [1.82, 2.24) is 24.8 Å². The molecule has 0 aliphatic carbocycles. The van der Waals surface area contributed by atoms with Gasteiger partial charge in [-0.05, 0) is 16.5 Å². The quantitative estimate of drug-likeness (QED) is 0.676. The fourth-order valence-electron chi connectivity index (χ4n) is 1.48. The number of nitrogens with zero attached hydrogens (tertiary/aromatic N) is 5. The van der Waals surface area contributed by atoms with Crippen LogP contribution in [0, 0.1) is 12.3 Å². The van der Waals surface area contributed by atoms with Gasteiger partial charge in [-0.3, -0.25) is 4.79 Å². The maximum Gasteiger partial charge on any atom is 0.250 e. The van der Waals surface area contributed by atoms with Crippen LogP contribution in [0.4, 0.5) is 0 Å². The Morgan fingerprint density at radius 2 is 2.29 bits per heavy atom. The first-order chi connectivity index (χ1) is 8.31. The van der Waals surface area contributed by atoms with Crippen LogP contribution in [-0.4, -0.2) is 24.8 Å². The summed E-state index contributed by atoms with van der Waals surface area (Å²) in [6.07, 6.45) is 7.50. The van der Waals surface area contributed by atoms with Gasteiger partial charge >= 0.3 is 0 Å². The molecule has 0 atom stereocenters. The molecule has 0 bridgehead atoms. The maximum absolute atomic E-state index is 11.5. The van der Waals surface area contributed by atoms with Crippen LogP contribution in [0.25, 0.3) is 0 Å². The van der Waals surface area contributed by atoms with Crippen LogP contribution in [-0.2, 0) is 19.5 Å². The highest BCUT2D eigenvalue weighted by atomic mass is 16.1. The number of aromatic nitrogens is 5. The number of pyridine rings is 1. The molecule has 17 heavy (non-hydrogen) atoms. The van der Waals surface area contributed by atoms with Gasteiger partial charge in [-0.15, -0.1) is 11.5 Å². The van der Waals surface area contributed by atoms with E-state index >= 15 is 0 Å². The van der Waals surface area contributed by atoms with Crippen molar-refractivity contribution < 1.29 is 0 Å². The molecule has 2 rings (SSSR count). The van der Waals surface area contributed by atoms with Crippen LogP contribution in [0.5, 0.6) is 0 Å². The zero-order chi connectivity index (χ0) is 12.1. The smallest absolute Gasteiger partial charge is 0.250 e. The van der Waals surface area contributed by atoms with Crippen LogP contribution in [0.3, 0.4) is 0 Å². The second-order valence-electron chi connectivity index (χ2n) is 3.44. The minimum Gasteiger partial charge on any atom is -0.315 e. The summed E-state index contributed by atoms with van der Waals surface area (Å²) in [5, 5.41) is 11.2. The molecule has 2 aromatic rings. The van der Waals surface area contributed by atoms with Crippen molar-refractivity contribution in [3.05, 3.63) is 40.6 Å². The van der Waals surface area contributed by atoms with E-state index in [0.717, 1.165) is 0 Å². The molecule has 2 aromatic heterocycles. The first-order valence-corrected chi connectivity index (χ1v) is 5.15. The lowest BCUT2D eigenvalue weighted by atomic mass is 10.3. The highest BCUT2D eigenvalue weighted by Gasteiger charge is 2.05. The van der Waals surface area contributed by atoms with Crippen molar-refractivity contribution in [2.24, 2.45) is 0 Å². The first-order valence-electron chi connectivity index (χ1n) is 5.15. The van der Waals surface area contributed by atoms with E-state index in [1.807, 2.05) is 6.07 Å². The van der Waals surface area contributed by atoms with E-state index in [9.17, 15) is 4.79 Å². The van der Waals surface area contributed by atoms with Gasteiger partial charge < -0.3 is 4.57 Å². The standard InChI is InChI=1S/C11H11N5O/c1-2-7-16-10(12-13-14-16)6-9-15-8-4-3-5-11(15)17/h1,3-5,8H,6-7,9H2. The second-order valence-corrected chi connectivity index (χ2v) is 3.44. The predicted octanol–water partition coefficient (Wildman–Crippen LogP) is -0.289. The molecule has 6 heteroatoms. The Balaban J connectivity index is 2.08. The zero-order valence-corrected chi connectivity index (χ0v) is 9.15. The molecule has 86 valence electrons. The van der Waals surface area contributed by atoms with Gasteiger partial charge in [0.15, 0.2) is 5.82 Å². The third-order valence-electron chi connectivity index (χ3n) is 2.32. The van der Waals surface area contributed by atoms with Gasteiger partial charge in [0, 0.05) is 25.2 Å². The second kappa shape index (κ2) is 5.07. The summed E-state index contributed by atoms with van der Waals surface area (Å²) < 4.78 is 3.16. The molecule has 0 aliphatic heterocycles. The summed E-state index contributed by atoms with van der Waals surface area (Å²) >= 11 is 0. The summed E-state index contributed by atoms with van der Waals surface area (Å²) in [5.74, 6) is 3.15. The Bertz CT molecular complexity index is 592. The van der Waals surface area contributed by atoms with E-state index in [1.54, 1.807) is 21.5 Å². The van der Waals surface area contributed by atoms with Crippen molar-refractivity contribution in [3.8, 4) is 12.3 Å². The highest BCUT2D eigenvalue weighted by Crippen LogP contribution is 1.95. The van der Waals surface area contributed by atoms with Crippen molar-refractivity contribution in [2.75, 3.05) is 0 Å². The highest BCUT2D eigenvalue weighted by molar-refractivity contribution is 4.94. The third kappa shape index (κ3) is 2.58. The largest absolute Gasteiger partial charge is 0.315 e. The molecular weight excluding hydrogens is 218 g/mol. The monoisotopic (exact) mass is 229 g/mol. The average Bonchev–Trinajstić information content (AvgIpc) is 2.76. The Hall–Kier alpha value is -2.42. The van der Waals surface area contributed by atoms with Crippen LogP contribution in [0.15, 0.2) is 29.2 Å². The number of hydrogen-bond donors (Lipinski definition) is 0. The van der Waals surface area contributed by atoms with Gasteiger partial charge in [-0.2, -0.15) is 0 Å². The Kier molecular flexibility index (Phi) is 3.31. The Morgan fingerprint density at radius 1 is 1.41 bits per heavy atom. The Morgan fingerprint density at radius 3 is 3.06 bits per heavy atom. The minimum atomic E-state index is -0.0384. The summed E-state index contributed by atoms with van der Waals surface area (Å²) in [5.41, 5.74) is -0.0384. The molecule has 0 radical (unpaired) electrons. The van der Waals surface area contributed by atoms with Crippen molar-refractivity contribution in [3.63, 3.8) is 0 Å². The number of rotatable bonds is 4. The first kappa shape index (κ1) is 11.1. The molecule has 0 aromatic carbocycles. The minimum absolute atomic E-state index is 0.0384. The molecule has 0 spiro atoms. The molecular formula is C11H11N5O. The number of tetrazole rings is 1. The van der Waals surface area contributed by atoms with E-state index in [2.05, 4.69) is 21.4 Å². The van der Waals surface area contributed by atoms with Gasteiger partial charge in [-0.1, -0.05) is 12.0 Å². The molecule has 0 N–H and O–H groups in total. The lowest BCUT2D eigenvalue weighted by Gasteiger charge is -2.04. The van der Waals surface area contributed by atoms with Crippen LogP contribution >= 0.6 is 0 Å². The van der Waals surface area contributed by atoms with E-state index in [-0.39, 0.29) is 5.56 Å². The van der Waals surface area contributed by atoms with Gasteiger partial charge in [-0.25, -0.2) is 4.68 Å². The van der Waals surface area contributed by atoms with E-state index in [4.69, 9.17) is 6.42 Å². The number of aryl methyl sites for hydroxylation is 2. The van der Waals surface area contributed by atoms with E-state index < -0.39 is 0 Å².